The monoisotopic (exact) mass is 842 g/mol. The van der Waals surface area contributed by atoms with Gasteiger partial charge in [-0.05, 0) is 84.9 Å². The highest BCUT2D eigenvalue weighted by atomic mass is 15.3. The van der Waals surface area contributed by atoms with Crippen LogP contribution < -0.4 is 0 Å². The molecule has 0 N–H and O–H groups in total. The number of nitriles is 1. The third kappa shape index (κ3) is 5.16. The molecule has 0 atom stereocenters. The Morgan fingerprint density at radius 1 is 0.303 bits per heavy atom. The number of benzene rings is 9. The van der Waals surface area contributed by atoms with Gasteiger partial charge in [-0.1, -0.05) is 121 Å². The van der Waals surface area contributed by atoms with Crippen molar-refractivity contribution in [2.24, 2.45) is 0 Å². The summed E-state index contributed by atoms with van der Waals surface area (Å²) in [6, 6.07) is 74.4. The Kier molecular flexibility index (Phi) is 7.59. The largest absolute Gasteiger partial charge is 0.309 e. The SMILES string of the molecule is N#Cc1cccc(-c2nc(-n3c4ccccc4c4cc(-n5c6ccccc6c6ccccc65)ccc43)nc(-n3c4ccccc4c4cc(-n5c6ccccc6c6ccccc65)ccc43)n2)c1. The van der Waals surface area contributed by atoms with Gasteiger partial charge >= 0.3 is 0 Å². The zero-order chi connectivity index (χ0) is 43.5. The summed E-state index contributed by atoms with van der Waals surface area (Å²) in [6.45, 7) is 0. The predicted molar refractivity (Wildman–Crippen MR) is 267 cm³/mol. The molecule has 0 amide bonds. The van der Waals surface area contributed by atoms with Crippen molar-refractivity contribution < 1.29 is 0 Å². The number of nitrogens with zero attached hydrogens (tertiary/aromatic N) is 8. The van der Waals surface area contributed by atoms with E-state index in [1.165, 1.54) is 21.5 Å². The van der Waals surface area contributed by atoms with Gasteiger partial charge in [0.05, 0.1) is 55.8 Å². The maximum Gasteiger partial charge on any atom is 0.240 e. The van der Waals surface area contributed by atoms with Gasteiger partial charge in [0.2, 0.25) is 11.9 Å². The molecule has 14 rings (SSSR count). The average molecular weight is 843 g/mol. The Balaban J connectivity index is 1.02. The van der Waals surface area contributed by atoms with Gasteiger partial charge in [0.1, 0.15) is 0 Å². The lowest BCUT2D eigenvalue weighted by molar-refractivity contribution is 0.892. The molecule has 306 valence electrons. The minimum Gasteiger partial charge on any atom is -0.309 e. The molecule has 5 aromatic heterocycles. The predicted octanol–water partition coefficient (Wildman–Crippen LogP) is 13.8. The van der Waals surface area contributed by atoms with E-state index >= 15 is 0 Å². The summed E-state index contributed by atoms with van der Waals surface area (Å²) in [5, 5.41) is 19.2. The summed E-state index contributed by atoms with van der Waals surface area (Å²) < 4.78 is 9.01. The maximum absolute atomic E-state index is 9.99. The molecule has 5 heterocycles. The molecule has 0 saturated carbocycles. The Morgan fingerprint density at radius 3 is 1.05 bits per heavy atom. The lowest BCUT2D eigenvalue weighted by Crippen LogP contribution is -2.10. The molecular formula is C58H34N8. The topological polar surface area (TPSA) is 82.2 Å². The van der Waals surface area contributed by atoms with E-state index in [-0.39, 0.29) is 0 Å². The second kappa shape index (κ2) is 13.8. The zero-order valence-electron chi connectivity index (χ0n) is 35.2. The van der Waals surface area contributed by atoms with E-state index in [2.05, 4.69) is 206 Å². The number of rotatable bonds is 5. The molecule has 0 unspecified atom stereocenters. The summed E-state index contributed by atoms with van der Waals surface area (Å²) >= 11 is 0. The maximum atomic E-state index is 9.99. The minimum atomic E-state index is 0.466. The van der Waals surface area contributed by atoms with Crippen molar-refractivity contribution in [3.8, 4) is 40.7 Å². The third-order valence-electron chi connectivity index (χ3n) is 13.3. The highest BCUT2D eigenvalue weighted by molar-refractivity contribution is 6.14. The first-order valence-electron chi connectivity index (χ1n) is 22.0. The second-order valence-electron chi connectivity index (χ2n) is 16.8. The van der Waals surface area contributed by atoms with Crippen molar-refractivity contribution in [3.05, 3.63) is 212 Å². The van der Waals surface area contributed by atoms with Crippen LogP contribution in [0.1, 0.15) is 5.56 Å². The number of aromatic nitrogens is 7. The Labute approximate surface area is 376 Å². The number of hydrogen-bond acceptors (Lipinski definition) is 4. The van der Waals surface area contributed by atoms with E-state index in [0.717, 1.165) is 82.6 Å². The van der Waals surface area contributed by atoms with Gasteiger partial charge in [-0.25, -0.2) is 0 Å². The fraction of sp³-hybridized carbons (Fsp3) is 0. The molecule has 0 saturated heterocycles. The van der Waals surface area contributed by atoms with E-state index in [1.54, 1.807) is 6.07 Å². The van der Waals surface area contributed by atoms with Gasteiger partial charge in [-0.3, -0.25) is 9.13 Å². The molecule has 0 fully saturated rings. The van der Waals surface area contributed by atoms with E-state index in [0.29, 0.717) is 23.3 Å². The lowest BCUT2D eigenvalue weighted by Gasteiger charge is -2.13. The quantitative estimate of drug-likeness (QED) is 0.173. The Hall–Kier alpha value is -9.32. The molecule has 0 aliphatic heterocycles. The van der Waals surface area contributed by atoms with Gasteiger partial charge in [-0.15, -0.1) is 0 Å². The number of hydrogen-bond donors (Lipinski definition) is 0. The first-order valence-corrected chi connectivity index (χ1v) is 22.0. The molecule has 0 radical (unpaired) electrons. The molecule has 0 spiro atoms. The van der Waals surface area contributed by atoms with Crippen LogP contribution in [0.25, 0.3) is 122 Å². The van der Waals surface area contributed by atoms with Gasteiger partial charge in [0, 0.05) is 60.0 Å². The average Bonchev–Trinajstić information content (AvgIpc) is 4.11. The summed E-state index contributed by atoms with van der Waals surface area (Å²) in [4.78, 5) is 15.9. The molecule has 0 bridgehead atoms. The fourth-order valence-electron chi connectivity index (χ4n) is 10.4. The van der Waals surface area contributed by atoms with Gasteiger partial charge in [0.15, 0.2) is 5.82 Å². The molecule has 14 aromatic rings. The van der Waals surface area contributed by atoms with Crippen LogP contribution in [0.5, 0.6) is 0 Å². The van der Waals surface area contributed by atoms with Gasteiger partial charge in [-0.2, -0.15) is 20.2 Å². The number of para-hydroxylation sites is 6. The Bertz CT molecular complexity index is 4030. The lowest BCUT2D eigenvalue weighted by atomic mass is 10.1. The van der Waals surface area contributed by atoms with E-state index in [4.69, 9.17) is 15.0 Å². The van der Waals surface area contributed by atoms with Gasteiger partial charge in [0.25, 0.3) is 0 Å². The van der Waals surface area contributed by atoms with Crippen molar-refractivity contribution in [2.75, 3.05) is 0 Å². The van der Waals surface area contributed by atoms with Gasteiger partial charge < -0.3 is 9.13 Å². The second-order valence-corrected chi connectivity index (χ2v) is 16.8. The van der Waals surface area contributed by atoms with E-state index in [9.17, 15) is 5.26 Å². The highest BCUT2D eigenvalue weighted by Crippen LogP contribution is 2.39. The molecule has 0 aliphatic carbocycles. The van der Waals surface area contributed by atoms with Crippen molar-refractivity contribution in [3.63, 3.8) is 0 Å². The first kappa shape index (κ1) is 36.2. The van der Waals surface area contributed by atoms with E-state index in [1.807, 2.05) is 18.2 Å². The summed E-state index contributed by atoms with van der Waals surface area (Å²) in [5.74, 6) is 1.41. The molecular weight excluding hydrogens is 809 g/mol. The van der Waals surface area contributed by atoms with Crippen LogP contribution in [-0.4, -0.2) is 33.2 Å². The van der Waals surface area contributed by atoms with E-state index < -0.39 is 0 Å². The van der Waals surface area contributed by atoms with Crippen molar-refractivity contribution in [2.45, 2.75) is 0 Å². The van der Waals surface area contributed by atoms with Crippen LogP contribution in [0.15, 0.2) is 206 Å². The summed E-state index contributed by atoms with van der Waals surface area (Å²) in [7, 11) is 0. The van der Waals surface area contributed by atoms with Crippen LogP contribution in [0.2, 0.25) is 0 Å². The highest BCUT2D eigenvalue weighted by Gasteiger charge is 2.23. The van der Waals surface area contributed by atoms with Crippen LogP contribution >= 0.6 is 0 Å². The standard InChI is InChI=1S/C58H34N8/c59-35-36-14-13-15-37(32-36)56-60-57(65-52-26-11-5-20-44(52)46-33-38(28-30-54(46)65)63-48-22-7-1-16-40(48)41-17-2-8-23-49(41)63)62-58(61-56)66-53-27-12-6-21-45(53)47-34-39(29-31-55(47)66)64-50-24-9-3-18-42(50)43-19-4-10-25-51(43)64/h1-34H. The summed E-state index contributed by atoms with van der Waals surface area (Å²) in [6.07, 6.45) is 0. The zero-order valence-corrected chi connectivity index (χ0v) is 35.2. The summed E-state index contributed by atoms with van der Waals surface area (Å²) in [5.41, 5.74) is 11.9. The normalized spacial score (nSPS) is 11.9. The molecule has 9 aromatic carbocycles. The fourth-order valence-corrected chi connectivity index (χ4v) is 10.4. The Morgan fingerprint density at radius 2 is 0.652 bits per heavy atom. The van der Waals surface area contributed by atoms with Crippen LogP contribution in [0.4, 0.5) is 0 Å². The van der Waals surface area contributed by atoms with Crippen LogP contribution in [0, 0.1) is 11.3 Å². The van der Waals surface area contributed by atoms with Crippen molar-refractivity contribution in [1.82, 2.24) is 33.2 Å². The minimum absolute atomic E-state index is 0.466. The number of fused-ring (bicyclic) bond motifs is 12. The van der Waals surface area contributed by atoms with Crippen molar-refractivity contribution >= 4 is 87.2 Å². The molecule has 0 aliphatic rings. The first-order chi connectivity index (χ1) is 32.7. The third-order valence-corrected chi connectivity index (χ3v) is 13.3. The van der Waals surface area contributed by atoms with Crippen LogP contribution in [0.3, 0.4) is 0 Å². The van der Waals surface area contributed by atoms with Crippen molar-refractivity contribution in [1.29, 1.82) is 5.26 Å². The molecule has 8 nitrogen and oxygen atoms in total. The molecule has 8 heteroatoms. The molecule has 66 heavy (non-hydrogen) atoms. The van der Waals surface area contributed by atoms with Crippen LogP contribution in [-0.2, 0) is 0 Å². The smallest absolute Gasteiger partial charge is 0.240 e.